The Bertz CT molecular complexity index is 241. The minimum atomic E-state index is -0.0954. The summed E-state index contributed by atoms with van der Waals surface area (Å²) < 4.78 is 5.60. The number of rotatable bonds is 7. The topological polar surface area (TPSA) is 24.5 Å². The zero-order valence-corrected chi connectivity index (χ0v) is 13.1. The molecule has 1 aliphatic heterocycles. The quantitative estimate of drug-likeness (QED) is 0.757. The van der Waals surface area contributed by atoms with E-state index in [4.69, 9.17) is 4.74 Å². The van der Waals surface area contributed by atoms with E-state index >= 15 is 0 Å². The van der Waals surface area contributed by atoms with Crippen molar-refractivity contribution in [1.82, 2.24) is 10.2 Å². The molecule has 2 unspecified atom stereocenters. The minimum absolute atomic E-state index is 0.0954. The van der Waals surface area contributed by atoms with Crippen molar-refractivity contribution in [3.05, 3.63) is 0 Å². The van der Waals surface area contributed by atoms with Gasteiger partial charge in [-0.15, -0.1) is 0 Å². The van der Waals surface area contributed by atoms with Crippen molar-refractivity contribution in [2.75, 3.05) is 27.2 Å². The molecule has 1 N–H and O–H groups in total. The Labute approximate surface area is 113 Å². The van der Waals surface area contributed by atoms with E-state index < -0.39 is 0 Å². The van der Waals surface area contributed by atoms with Gasteiger partial charge in [-0.3, -0.25) is 0 Å². The van der Waals surface area contributed by atoms with Gasteiger partial charge in [-0.05, 0) is 52.6 Å². The summed E-state index contributed by atoms with van der Waals surface area (Å²) in [5, 5.41) is 3.41. The van der Waals surface area contributed by atoms with E-state index in [1.54, 1.807) is 7.11 Å². The van der Waals surface area contributed by atoms with Gasteiger partial charge in [0.05, 0.1) is 5.60 Å². The fourth-order valence-corrected chi connectivity index (χ4v) is 3.16. The maximum absolute atomic E-state index is 5.60. The molecule has 3 nitrogen and oxygen atoms in total. The number of likely N-dealkylation sites (tertiary alicyclic amines) is 1. The molecule has 0 saturated carbocycles. The van der Waals surface area contributed by atoms with Gasteiger partial charge in [-0.25, -0.2) is 0 Å². The first-order valence-corrected chi connectivity index (χ1v) is 7.38. The molecule has 1 heterocycles. The Balaban J connectivity index is 2.48. The highest BCUT2D eigenvalue weighted by molar-refractivity contribution is 4.88. The lowest BCUT2D eigenvalue weighted by Crippen LogP contribution is -2.48. The average molecular weight is 256 g/mol. The summed E-state index contributed by atoms with van der Waals surface area (Å²) in [4.78, 5) is 2.67. The average Bonchev–Trinajstić information content (AvgIpc) is 2.78. The summed E-state index contributed by atoms with van der Waals surface area (Å²) in [5.41, 5.74) is -0.0954. The summed E-state index contributed by atoms with van der Waals surface area (Å²) in [7, 11) is 3.84. The Hall–Kier alpha value is -0.120. The van der Waals surface area contributed by atoms with Gasteiger partial charge in [-0.2, -0.15) is 0 Å². The Morgan fingerprint density at radius 3 is 2.56 bits per heavy atom. The molecule has 0 amide bonds. The van der Waals surface area contributed by atoms with Crippen molar-refractivity contribution in [2.24, 2.45) is 5.92 Å². The fraction of sp³-hybridized carbons (Fsp3) is 1.00. The molecular formula is C15H32N2O. The first-order valence-electron chi connectivity index (χ1n) is 7.38. The molecule has 3 heteroatoms. The SMILES string of the molecule is CNC(CCN1CCCC1C(C)C)C(C)(C)OC. The molecule has 1 saturated heterocycles. The highest BCUT2D eigenvalue weighted by Crippen LogP contribution is 2.25. The number of nitrogens with one attached hydrogen (secondary N) is 1. The number of methoxy groups -OCH3 is 1. The predicted octanol–water partition coefficient (Wildman–Crippen LogP) is 2.51. The van der Waals surface area contributed by atoms with Gasteiger partial charge in [0, 0.05) is 25.7 Å². The van der Waals surface area contributed by atoms with E-state index in [9.17, 15) is 0 Å². The summed E-state index contributed by atoms with van der Waals surface area (Å²) in [6, 6.07) is 1.20. The molecule has 1 fully saturated rings. The largest absolute Gasteiger partial charge is 0.377 e. The van der Waals surface area contributed by atoms with Gasteiger partial charge in [0.2, 0.25) is 0 Å². The standard InChI is InChI=1S/C15H32N2O/c1-12(2)13-8-7-10-17(13)11-9-14(16-5)15(3,4)18-6/h12-14,16H,7-11H2,1-6H3. The van der Waals surface area contributed by atoms with Crippen molar-refractivity contribution in [1.29, 1.82) is 0 Å². The lowest BCUT2D eigenvalue weighted by atomic mass is 9.95. The fourth-order valence-electron chi connectivity index (χ4n) is 3.16. The summed E-state index contributed by atoms with van der Waals surface area (Å²) in [5.74, 6) is 0.774. The third-order valence-electron chi connectivity index (χ3n) is 4.60. The molecule has 0 aromatic rings. The Morgan fingerprint density at radius 2 is 2.06 bits per heavy atom. The summed E-state index contributed by atoms with van der Waals surface area (Å²) in [6.45, 7) is 11.5. The van der Waals surface area contributed by atoms with E-state index in [1.165, 1.54) is 25.9 Å². The third-order valence-corrected chi connectivity index (χ3v) is 4.60. The number of hydrogen-bond donors (Lipinski definition) is 1. The second-order valence-electron chi connectivity index (χ2n) is 6.43. The summed E-state index contributed by atoms with van der Waals surface area (Å²) in [6.07, 6.45) is 3.89. The van der Waals surface area contributed by atoms with Gasteiger partial charge in [0.1, 0.15) is 0 Å². The first-order chi connectivity index (χ1) is 8.42. The van der Waals surface area contributed by atoms with Crippen molar-refractivity contribution in [3.8, 4) is 0 Å². The van der Waals surface area contributed by atoms with Gasteiger partial charge < -0.3 is 15.0 Å². The van der Waals surface area contributed by atoms with Gasteiger partial charge in [0.15, 0.2) is 0 Å². The second-order valence-corrected chi connectivity index (χ2v) is 6.43. The normalized spacial score (nSPS) is 23.8. The van der Waals surface area contributed by atoms with E-state index in [-0.39, 0.29) is 5.60 Å². The predicted molar refractivity (Wildman–Crippen MR) is 78.0 cm³/mol. The molecule has 1 rings (SSSR count). The van der Waals surface area contributed by atoms with Crippen molar-refractivity contribution >= 4 is 0 Å². The van der Waals surface area contributed by atoms with Gasteiger partial charge >= 0.3 is 0 Å². The highest BCUT2D eigenvalue weighted by atomic mass is 16.5. The zero-order valence-electron chi connectivity index (χ0n) is 13.1. The van der Waals surface area contributed by atoms with E-state index in [1.807, 2.05) is 7.05 Å². The van der Waals surface area contributed by atoms with Crippen LogP contribution in [-0.2, 0) is 4.74 Å². The molecule has 0 aromatic carbocycles. The number of nitrogens with zero attached hydrogens (tertiary/aromatic N) is 1. The molecule has 0 spiro atoms. The Morgan fingerprint density at radius 1 is 1.39 bits per heavy atom. The molecule has 0 bridgehead atoms. The third kappa shape index (κ3) is 3.94. The minimum Gasteiger partial charge on any atom is -0.377 e. The first kappa shape index (κ1) is 15.9. The van der Waals surface area contributed by atoms with Crippen LogP contribution in [0.25, 0.3) is 0 Å². The zero-order chi connectivity index (χ0) is 13.8. The van der Waals surface area contributed by atoms with Crippen LogP contribution in [0.1, 0.15) is 47.0 Å². The van der Waals surface area contributed by atoms with Crippen LogP contribution in [0.5, 0.6) is 0 Å². The van der Waals surface area contributed by atoms with Crippen LogP contribution in [0.3, 0.4) is 0 Å². The smallest absolute Gasteiger partial charge is 0.0775 e. The lowest BCUT2D eigenvalue weighted by Gasteiger charge is -2.35. The monoisotopic (exact) mass is 256 g/mol. The van der Waals surface area contributed by atoms with Crippen LogP contribution in [0, 0.1) is 5.92 Å². The molecule has 1 aliphatic rings. The van der Waals surface area contributed by atoms with E-state index in [0.29, 0.717) is 6.04 Å². The maximum Gasteiger partial charge on any atom is 0.0775 e. The van der Waals surface area contributed by atoms with Crippen LogP contribution >= 0.6 is 0 Å². The van der Waals surface area contributed by atoms with Crippen LogP contribution in [0.2, 0.25) is 0 Å². The molecule has 0 radical (unpaired) electrons. The highest BCUT2D eigenvalue weighted by Gasteiger charge is 2.31. The van der Waals surface area contributed by atoms with E-state index in [2.05, 4.69) is 37.9 Å². The number of ether oxygens (including phenoxy) is 1. The van der Waals surface area contributed by atoms with E-state index in [0.717, 1.165) is 18.4 Å². The van der Waals surface area contributed by atoms with Gasteiger partial charge in [-0.1, -0.05) is 13.8 Å². The van der Waals surface area contributed by atoms with Crippen LogP contribution < -0.4 is 5.32 Å². The summed E-state index contributed by atoms with van der Waals surface area (Å²) >= 11 is 0. The molecular weight excluding hydrogens is 224 g/mol. The van der Waals surface area contributed by atoms with Crippen molar-refractivity contribution in [2.45, 2.75) is 64.6 Å². The second kappa shape index (κ2) is 6.88. The lowest BCUT2D eigenvalue weighted by molar-refractivity contribution is -0.0134. The molecule has 0 aromatic heterocycles. The van der Waals surface area contributed by atoms with Crippen molar-refractivity contribution in [3.63, 3.8) is 0 Å². The molecule has 2 atom stereocenters. The molecule has 0 aliphatic carbocycles. The van der Waals surface area contributed by atoms with Crippen LogP contribution in [0.15, 0.2) is 0 Å². The Kier molecular flexibility index (Phi) is 6.09. The molecule has 18 heavy (non-hydrogen) atoms. The van der Waals surface area contributed by atoms with Crippen LogP contribution in [0.4, 0.5) is 0 Å². The number of hydrogen-bond acceptors (Lipinski definition) is 3. The van der Waals surface area contributed by atoms with Crippen molar-refractivity contribution < 1.29 is 4.74 Å². The maximum atomic E-state index is 5.60. The van der Waals surface area contributed by atoms with Crippen LogP contribution in [-0.4, -0.2) is 49.8 Å². The van der Waals surface area contributed by atoms with Gasteiger partial charge in [0.25, 0.3) is 0 Å². The molecule has 108 valence electrons. The number of likely N-dealkylation sites (N-methyl/N-ethyl adjacent to an activating group) is 1.